The van der Waals surface area contributed by atoms with Gasteiger partial charge < -0.3 is 9.47 Å². The topological polar surface area (TPSA) is 46.8 Å². The van der Waals surface area contributed by atoms with Crippen LogP contribution in [0, 0.1) is 5.92 Å². The van der Waals surface area contributed by atoms with E-state index in [0.29, 0.717) is 5.92 Å². The van der Waals surface area contributed by atoms with Gasteiger partial charge in [0.1, 0.15) is 12.2 Å². The fourth-order valence-electron chi connectivity index (χ4n) is 3.51. The lowest BCUT2D eigenvalue weighted by molar-refractivity contribution is 0.393. The van der Waals surface area contributed by atoms with Gasteiger partial charge in [-0.25, -0.2) is 0 Å². The Labute approximate surface area is 146 Å². The van der Waals surface area contributed by atoms with Crippen LogP contribution in [0.3, 0.4) is 0 Å². The average molecular weight is 342 g/mol. The Hall–Kier alpha value is -2.14. The molecule has 0 unspecified atom stereocenters. The highest BCUT2D eigenvalue weighted by Crippen LogP contribution is 2.31. The maximum atomic E-state index is 6.09. The first kappa shape index (κ1) is 15.4. The zero-order valence-corrected chi connectivity index (χ0v) is 14.4. The number of halogens is 1. The third-order valence-corrected chi connectivity index (χ3v) is 5.15. The van der Waals surface area contributed by atoms with Gasteiger partial charge in [0.25, 0.3) is 0 Å². The lowest BCUT2D eigenvalue weighted by Gasteiger charge is -2.34. The minimum atomic E-state index is 0.673. The number of aryl methyl sites for hydroxylation is 1. The van der Waals surface area contributed by atoms with Crippen LogP contribution in [0.25, 0.3) is 10.9 Å². The summed E-state index contributed by atoms with van der Waals surface area (Å²) in [6.45, 7) is 2.12. The maximum absolute atomic E-state index is 6.09. The van der Waals surface area contributed by atoms with Crippen molar-refractivity contribution in [1.29, 1.82) is 0 Å². The van der Waals surface area contributed by atoms with Gasteiger partial charge in [0, 0.05) is 48.9 Å². The number of aromatic nitrogens is 4. The number of pyridine rings is 1. The molecule has 1 fully saturated rings. The molecule has 1 saturated heterocycles. The third kappa shape index (κ3) is 2.96. The summed E-state index contributed by atoms with van der Waals surface area (Å²) in [4.78, 5) is 6.91. The Kier molecular flexibility index (Phi) is 4.10. The molecule has 1 aromatic carbocycles. The Morgan fingerprint density at radius 3 is 2.79 bits per heavy atom. The molecule has 124 valence electrons. The van der Waals surface area contributed by atoms with Crippen LogP contribution in [0.15, 0.2) is 36.8 Å². The Bertz CT molecular complexity index is 851. The van der Waals surface area contributed by atoms with Crippen molar-refractivity contribution < 1.29 is 0 Å². The zero-order valence-electron chi connectivity index (χ0n) is 13.7. The van der Waals surface area contributed by atoms with Crippen molar-refractivity contribution in [2.24, 2.45) is 13.0 Å². The number of anilines is 1. The molecule has 0 N–H and O–H groups in total. The Morgan fingerprint density at radius 2 is 2.04 bits per heavy atom. The SMILES string of the molecule is Cn1cnnc1CC1CCN(c2ccnc3cc(Cl)ccc23)CC1. The van der Waals surface area contributed by atoms with Gasteiger partial charge >= 0.3 is 0 Å². The van der Waals surface area contributed by atoms with E-state index in [1.807, 2.05) is 29.9 Å². The summed E-state index contributed by atoms with van der Waals surface area (Å²) in [5, 5.41) is 10.1. The van der Waals surface area contributed by atoms with Crippen molar-refractivity contribution in [2.75, 3.05) is 18.0 Å². The molecule has 0 spiro atoms. The summed E-state index contributed by atoms with van der Waals surface area (Å²) >= 11 is 6.09. The van der Waals surface area contributed by atoms with E-state index < -0.39 is 0 Å². The van der Waals surface area contributed by atoms with Crippen LogP contribution in [-0.2, 0) is 13.5 Å². The van der Waals surface area contributed by atoms with Gasteiger partial charge in [0.15, 0.2) is 0 Å². The Balaban J connectivity index is 1.49. The van der Waals surface area contributed by atoms with E-state index in [2.05, 4.69) is 32.2 Å². The number of hydrogen-bond acceptors (Lipinski definition) is 4. The van der Waals surface area contributed by atoms with Crippen molar-refractivity contribution in [1.82, 2.24) is 19.7 Å². The lowest BCUT2D eigenvalue weighted by atomic mass is 9.92. The van der Waals surface area contributed by atoms with Crippen LogP contribution in [0.1, 0.15) is 18.7 Å². The van der Waals surface area contributed by atoms with Crippen molar-refractivity contribution >= 4 is 28.2 Å². The number of fused-ring (bicyclic) bond motifs is 1. The number of benzene rings is 1. The van der Waals surface area contributed by atoms with Gasteiger partial charge in [0.05, 0.1) is 5.52 Å². The molecule has 0 aliphatic carbocycles. The van der Waals surface area contributed by atoms with Crippen LogP contribution in [-0.4, -0.2) is 32.8 Å². The molecule has 0 saturated carbocycles. The molecular formula is C18H20ClN5. The lowest BCUT2D eigenvalue weighted by Crippen LogP contribution is -2.34. The summed E-state index contributed by atoms with van der Waals surface area (Å²) in [5.74, 6) is 1.75. The van der Waals surface area contributed by atoms with E-state index in [1.54, 1.807) is 6.33 Å². The molecule has 24 heavy (non-hydrogen) atoms. The highest BCUT2D eigenvalue weighted by Gasteiger charge is 2.22. The van der Waals surface area contributed by atoms with Crippen molar-refractivity contribution in [3.05, 3.63) is 47.6 Å². The van der Waals surface area contributed by atoms with Crippen LogP contribution < -0.4 is 4.90 Å². The third-order valence-electron chi connectivity index (χ3n) is 4.91. The fraction of sp³-hybridized carbons (Fsp3) is 0.389. The highest BCUT2D eigenvalue weighted by atomic mass is 35.5. The van der Waals surface area contributed by atoms with Gasteiger partial charge in [0.2, 0.25) is 0 Å². The van der Waals surface area contributed by atoms with E-state index in [1.165, 1.54) is 23.9 Å². The summed E-state index contributed by atoms with van der Waals surface area (Å²) in [6, 6.07) is 8.06. The van der Waals surface area contributed by atoms with E-state index >= 15 is 0 Å². The fourth-order valence-corrected chi connectivity index (χ4v) is 3.68. The first-order valence-electron chi connectivity index (χ1n) is 8.33. The normalized spacial score (nSPS) is 16.0. The summed E-state index contributed by atoms with van der Waals surface area (Å²) in [7, 11) is 2.01. The molecule has 5 nitrogen and oxygen atoms in total. The molecule has 2 aromatic heterocycles. The van der Waals surface area contributed by atoms with Crippen molar-refractivity contribution in [3.8, 4) is 0 Å². The van der Waals surface area contributed by atoms with Crippen molar-refractivity contribution in [3.63, 3.8) is 0 Å². The van der Waals surface area contributed by atoms with Crippen LogP contribution in [0.2, 0.25) is 5.02 Å². The molecule has 6 heteroatoms. The highest BCUT2D eigenvalue weighted by molar-refractivity contribution is 6.31. The molecular weight excluding hydrogens is 322 g/mol. The molecule has 3 heterocycles. The second-order valence-corrected chi connectivity index (χ2v) is 6.92. The standard InChI is InChI=1S/C18H20ClN5/c1-23-12-21-22-18(23)10-13-5-8-24(9-6-13)17-4-7-20-16-11-14(19)2-3-15(16)17/h2-4,7,11-13H,5-6,8-10H2,1H3. The van der Waals surface area contributed by atoms with Crippen molar-refractivity contribution in [2.45, 2.75) is 19.3 Å². The monoisotopic (exact) mass is 341 g/mol. The molecule has 0 radical (unpaired) electrons. The number of nitrogens with zero attached hydrogens (tertiary/aromatic N) is 5. The first-order valence-corrected chi connectivity index (χ1v) is 8.70. The van der Waals surface area contributed by atoms with Crippen LogP contribution in [0.5, 0.6) is 0 Å². The van der Waals surface area contributed by atoms with E-state index in [4.69, 9.17) is 11.6 Å². The zero-order chi connectivity index (χ0) is 16.5. The first-order chi connectivity index (χ1) is 11.7. The smallest absolute Gasteiger partial charge is 0.132 e. The molecule has 1 aliphatic rings. The minimum absolute atomic E-state index is 0.673. The molecule has 1 aliphatic heterocycles. The predicted molar refractivity (Wildman–Crippen MR) is 96.4 cm³/mol. The van der Waals surface area contributed by atoms with Gasteiger partial charge in [-0.15, -0.1) is 10.2 Å². The molecule has 4 rings (SSSR count). The Morgan fingerprint density at radius 1 is 1.21 bits per heavy atom. The second kappa shape index (κ2) is 6.40. The average Bonchev–Trinajstić information content (AvgIpc) is 3.00. The number of rotatable bonds is 3. The summed E-state index contributed by atoms with van der Waals surface area (Å²) < 4.78 is 2.02. The van der Waals surface area contributed by atoms with E-state index in [0.717, 1.165) is 35.9 Å². The number of hydrogen-bond donors (Lipinski definition) is 0. The maximum Gasteiger partial charge on any atom is 0.132 e. The van der Waals surface area contributed by atoms with Gasteiger partial charge in [-0.3, -0.25) is 4.98 Å². The largest absolute Gasteiger partial charge is 0.371 e. The quantitative estimate of drug-likeness (QED) is 0.731. The van der Waals surface area contributed by atoms with E-state index in [9.17, 15) is 0 Å². The second-order valence-electron chi connectivity index (χ2n) is 6.48. The minimum Gasteiger partial charge on any atom is -0.371 e. The van der Waals surface area contributed by atoms with Gasteiger partial charge in [-0.05, 0) is 43.0 Å². The molecule has 0 bridgehead atoms. The molecule has 0 atom stereocenters. The molecule has 0 amide bonds. The predicted octanol–water partition coefficient (Wildman–Crippen LogP) is 3.48. The van der Waals surface area contributed by atoms with Gasteiger partial charge in [-0.2, -0.15) is 0 Å². The number of piperidine rings is 1. The van der Waals surface area contributed by atoms with E-state index in [-0.39, 0.29) is 0 Å². The van der Waals surface area contributed by atoms with Crippen LogP contribution in [0.4, 0.5) is 5.69 Å². The van der Waals surface area contributed by atoms with Gasteiger partial charge in [-0.1, -0.05) is 11.6 Å². The summed E-state index contributed by atoms with van der Waals surface area (Å²) in [6.07, 6.45) is 7.00. The molecule has 3 aromatic rings. The van der Waals surface area contributed by atoms with Crippen LogP contribution >= 0.6 is 11.6 Å². The summed E-state index contributed by atoms with van der Waals surface area (Å²) in [5.41, 5.74) is 2.22.